The van der Waals surface area contributed by atoms with E-state index in [-0.39, 0.29) is 0 Å². The van der Waals surface area contributed by atoms with Crippen molar-refractivity contribution in [3.05, 3.63) is 18.3 Å². The van der Waals surface area contributed by atoms with Crippen LogP contribution in [-0.4, -0.2) is 23.5 Å². The van der Waals surface area contributed by atoms with Crippen LogP contribution in [0.25, 0.3) is 11.0 Å². The molecule has 2 rings (SSSR count). The first-order chi connectivity index (χ1) is 5.68. The largest absolute Gasteiger partial charge is 0.288 e. The molecule has 0 saturated carbocycles. The van der Waals surface area contributed by atoms with Crippen LogP contribution in [0, 0.1) is 0 Å². The Morgan fingerprint density at radius 3 is 2.92 bits per heavy atom. The molecule has 0 aliphatic carbocycles. The average molecular weight is 264 g/mol. The molecule has 2 aromatic heterocycles. The number of fused-ring (bicyclic) bond motifs is 1. The van der Waals surface area contributed by atoms with Crippen LogP contribution >= 0.6 is 22.9 Å². The Bertz CT molecular complexity index is 438. The topological polar surface area (TPSA) is 17.8 Å². The van der Waals surface area contributed by atoms with Gasteiger partial charge >= 0.3 is 0 Å². The Hall–Kier alpha value is -0.450. The highest BCUT2D eigenvalue weighted by Gasteiger charge is 2.01. The van der Waals surface area contributed by atoms with E-state index in [0.29, 0.717) is 11.1 Å². The zero-order valence-electron chi connectivity index (χ0n) is 6.16. The van der Waals surface area contributed by atoms with Gasteiger partial charge in [0.15, 0.2) is 0 Å². The van der Waals surface area contributed by atoms with Gasteiger partial charge in [-0.05, 0) is 17.7 Å². The summed E-state index contributed by atoms with van der Waals surface area (Å²) >= 11 is 2.16. The summed E-state index contributed by atoms with van der Waals surface area (Å²) in [5.41, 5.74) is 2.78. The molecule has 0 unspecified atom stereocenters. The molecule has 2 heterocycles. The van der Waals surface area contributed by atoms with Crippen molar-refractivity contribution in [2.24, 2.45) is 0 Å². The van der Waals surface area contributed by atoms with Gasteiger partial charge in [-0.25, -0.2) is 0 Å². The van der Waals surface area contributed by atoms with E-state index >= 15 is 0 Å². The molecule has 54 valence electrons. The summed E-state index contributed by atoms with van der Waals surface area (Å²) in [6.07, 6.45) is 1.91. The van der Waals surface area contributed by atoms with E-state index in [4.69, 9.17) is 15.7 Å². The molecule has 0 saturated heterocycles. The molecule has 0 aliphatic rings. The van der Waals surface area contributed by atoms with Crippen molar-refractivity contribution in [1.82, 2.24) is 7.76 Å². The van der Waals surface area contributed by atoms with Gasteiger partial charge in [0.1, 0.15) is 15.7 Å². The fourth-order valence-electron chi connectivity index (χ4n) is 1.06. The molecule has 12 heavy (non-hydrogen) atoms. The van der Waals surface area contributed by atoms with Crippen LogP contribution in [0.3, 0.4) is 0 Å². The van der Waals surface area contributed by atoms with Crippen LogP contribution in [0.1, 0.15) is 0 Å². The zero-order chi connectivity index (χ0) is 8.72. The van der Waals surface area contributed by atoms with E-state index in [1.807, 2.05) is 21.1 Å². The van der Waals surface area contributed by atoms with Gasteiger partial charge in [-0.15, -0.1) is 0 Å². The lowest BCUT2D eigenvalue weighted by Crippen LogP contribution is -2.28. The Kier molecular flexibility index (Phi) is 1.90. The van der Waals surface area contributed by atoms with E-state index in [2.05, 4.69) is 27.8 Å². The number of hydrogen-bond donors (Lipinski definition) is 0. The van der Waals surface area contributed by atoms with Crippen LogP contribution in [0.4, 0.5) is 0 Å². The predicted molar refractivity (Wildman–Crippen MR) is 59.9 cm³/mol. The fraction of sp³-hybridized carbons (Fsp3) is 0. The number of nitrogens with zero attached hydrogens (tertiary/aromatic N) is 2. The van der Waals surface area contributed by atoms with Crippen LogP contribution in [0.2, 0.25) is 0 Å². The molecule has 2 nitrogen and oxygen atoms in total. The number of halogens is 1. The first kappa shape index (κ1) is 8.16. The molecule has 0 amide bonds. The Balaban J connectivity index is 2.87. The molecule has 5 heteroatoms. The van der Waals surface area contributed by atoms with Crippen molar-refractivity contribution in [3.63, 3.8) is 0 Å². The summed E-state index contributed by atoms with van der Waals surface area (Å²) < 4.78 is 1.93. The van der Waals surface area contributed by atoms with E-state index < -0.39 is 0 Å². The Morgan fingerprint density at radius 1 is 1.42 bits per heavy atom. The lowest BCUT2D eigenvalue weighted by Gasteiger charge is -2.00. The summed E-state index contributed by atoms with van der Waals surface area (Å²) in [7, 11) is 11.2. The number of pyridine rings is 1. The standard InChI is InChI=1S/C7H3B2IN2/c8-4-3-6-5(11-7(4)9)1-2-12(6)10/h1-3H. The SMILES string of the molecule is [B]c1cc2c(ccn2I)nc1[B]. The molecule has 0 atom stereocenters. The number of hydrogen-bond acceptors (Lipinski definition) is 1. The lowest BCUT2D eigenvalue weighted by molar-refractivity contribution is 1.42. The molecule has 0 spiro atoms. The fourth-order valence-corrected chi connectivity index (χ4v) is 1.60. The van der Waals surface area contributed by atoms with Crippen molar-refractivity contribution >= 4 is 60.6 Å². The van der Waals surface area contributed by atoms with Gasteiger partial charge in [-0.3, -0.25) is 7.76 Å². The number of rotatable bonds is 0. The highest BCUT2D eigenvalue weighted by molar-refractivity contribution is 14.1. The van der Waals surface area contributed by atoms with Gasteiger partial charge in [0.05, 0.1) is 33.9 Å². The highest BCUT2D eigenvalue weighted by Crippen LogP contribution is 2.12. The zero-order valence-corrected chi connectivity index (χ0v) is 8.32. The van der Waals surface area contributed by atoms with Crippen molar-refractivity contribution in [3.8, 4) is 0 Å². The smallest absolute Gasteiger partial charge is 0.140 e. The Morgan fingerprint density at radius 2 is 2.17 bits per heavy atom. The van der Waals surface area contributed by atoms with Gasteiger partial charge in [-0.1, -0.05) is 5.46 Å². The van der Waals surface area contributed by atoms with Gasteiger partial charge in [0.2, 0.25) is 0 Å². The van der Waals surface area contributed by atoms with Gasteiger partial charge in [-0.2, -0.15) is 0 Å². The minimum atomic E-state index is 0.394. The third-order valence-corrected chi connectivity index (χ3v) is 2.53. The molecular weight excluding hydrogens is 261 g/mol. The Labute approximate surface area is 86.7 Å². The van der Waals surface area contributed by atoms with E-state index in [1.54, 1.807) is 0 Å². The van der Waals surface area contributed by atoms with Gasteiger partial charge in [0, 0.05) is 6.20 Å². The predicted octanol–water partition coefficient (Wildman–Crippen LogP) is -0.178. The number of aromatic nitrogens is 2. The van der Waals surface area contributed by atoms with Crippen molar-refractivity contribution in [1.29, 1.82) is 0 Å². The quantitative estimate of drug-likeness (QED) is 0.476. The third-order valence-electron chi connectivity index (χ3n) is 1.68. The second kappa shape index (κ2) is 2.80. The van der Waals surface area contributed by atoms with Crippen LogP contribution in [-0.2, 0) is 0 Å². The van der Waals surface area contributed by atoms with Crippen LogP contribution in [0.5, 0.6) is 0 Å². The van der Waals surface area contributed by atoms with Crippen molar-refractivity contribution in [2.45, 2.75) is 0 Å². The minimum absolute atomic E-state index is 0.394. The molecule has 0 aliphatic heterocycles. The lowest BCUT2D eigenvalue weighted by atomic mass is 9.85. The summed E-state index contributed by atoms with van der Waals surface area (Å²) in [4.78, 5) is 4.12. The van der Waals surface area contributed by atoms with Gasteiger partial charge in [0.25, 0.3) is 0 Å². The summed E-state index contributed by atoms with van der Waals surface area (Å²) in [5.74, 6) is 0. The maximum absolute atomic E-state index is 5.61. The van der Waals surface area contributed by atoms with E-state index in [0.717, 1.165) is 11.0 Å². The minimum Gasteiger partial charge on any atom is -0.288 e. The molecule has 2 aromatic rings. The highest BCUT2D eigenvalue weighted by atomic mass is 127. The normalized spacial score (nSPS) is 10.8. The molecule has 0 aromatic carbocycles. The third kappa shape index (κ3) is 1.16. The maximum Gasteiger partial charge on any atom is 0.140 e. The van der Waals surface area contributed by atoms with Crippen LogP contribution < -0.4 is 11.1 Å². The van der Waals surface area contributed by atoms with Crippen molar-refractivity contribution < 1.29 is 0 Å². The van der Waals surface area contributed by atoms with Crippen molar-refractivity contribution in [2.75, 3.05) is 0 Å². The van der Waals surface area contributed by atoms with Gasteiger partial charge < -0.3 is 0 Å². The second-order valence-corrected chi connectivity index (χ2v) is 3.53. The summed E-state index contributed by atoms with van der Waals surface area (Å²) in [6, 6.07) is 3.72. The molecular formula is C7H3B2IN2. The monoisotopic (exact) mass is 264 g/mol. The molecule has 0 N–H and O–H groups in total. The first-order valence-corrected chi connectivity index (χ1v) is 4.34. The second-order valence-electron chi connectivity index (χ2n) is 2.49. The maximum atomic E-state index is 5.61. The molecule has 0 bridgehead atoms. The summed E-state index contributed by atoms with van der Waals surface area (Å²) in [6.45, 7) is 0. The molecule has 0 fully saturated rings. The summed E-state index contributed by atoms with van der Waals surface area (Å²) in [5, 5.41) is 0. The van der Waals surface area contributed by atoms with E-state index in [1.165, 1.54) is 0 Å². The molecule has 4 radical (unpaired) electrons. The van der Waals surface area contributed by atoms with E-state index in [9.17, 15) is 0 Å². The first-order valence-electron chi connectivity index (χ1n) is 3.37. The average Bonchev–Trinajstić information content (AvgIpc) is 2.35. The van der Waals surface area contributed by atoms with Crippen LogP contribution in [0.15, 0.2) is 18.3 Å².